The van der Waals surface area contributed by atoms with E-state index in [1.54, 1.807) is 0 Å². The maximum atomic E-state index is 9.77. The highest BCUT2D eigenvalue weighted by Gasteiger charge is 2.29. The topological polar surface area (TPSA) is 117 Å². The average molecular weight is 391 g/mol. The first kappa shape index (κ1) is 17.7. The molecule has 30 heavy (non-hydrogen) atoms. The molecule has 1 aliphatic heterocycles. The standard InChI is InChI=1S/C23H17N7/c1-12-16(10-24)21(17(11-25)13(2)26-12)14-7-8-18-15(9-14)22(30-29-18)23-27-19-5-3-4-6-20(19)28-23/h3-9,21,26H,1-2H3,(H,27,28)(H,29,30). The van der Waals surface area contributed by atoms with Gasteiger partial charge in [-0.1, -0.05) is 18.2 Å². The monoisotopic (exact) mass is 391 g/mol. The first-order chi connectivity index (χ1) is 14.6. The minimum Gasteiger partial charge on any atom is -0.361 e. The van der Waals surface area contributed by atoms with E-state index in [9.17, 15) is 10.5 Å². The van der Waals surface area contributed by atoms with Crippen LogP contribution in [0.4, 0.5) is 0 Å². The minimum absolute atomic E-state index is 0.413. The van der Waals surface area contributed by atoms with Crippen LogP contribution in [0, 0.1) is 22.7 Å². The molecule has 0 saturated heterocycles. The van der Waals surface area contributed by atoms with Gasteiger partial charge in [0.15, 0.2) is 5.82 Å². The van der Waals surface area contributed by atoms with Crippen LogP contribution >= 0.6 is 0 Å². The molecule has 0 atom stereocenters. The summed E-state index contributed by atoms with van der Waals surface area (Å²) in [5, 5.41) is 31.1. The number of para-hydroxylation sites is 2. The Labute approximate surface area is 172 Å². The molecule has 0 fully saturated rings. The van der Waals surface area contributed by atoms with Gasteiger partial charge in [0.1, 0.15) is 5.69 Å². The first-order valence-electron chi connectivity index (χ1n) is 9.52. The molecule has 2 aromatic carbocycles. The maximum Gasteiger partial charge on any atom is 0.159 e. The van der Waals surface area contributed by atoms with E-state index in [-0.39, 0.29) is 0 Å². The average Bonchev–Trinajstić information content (AvgIpc) is 3.36. The van der Waals surface area contributed by atoms with Gasteiger partial charge in [-0.05, 0) is 43.7 Å². The van der Waals surface area contributed by atoms with E-state index < -0.39 is 5.92 Å². The summed E-state index contributed by atoms with van der Waals surface area (Å²) in [6, 6.07) is 18.3. The molecule has 0 unspecified atom stereocenters. The lowest BCUT2D eigenvalue weighted by atomic mass is 9.81. The summed E-state index contributed by atoms with van der Waals surface area (Å²) in [5.74, 6) is 0.258. The van der Waals surface area contributed by atoms with Crippen molar-refractivity contribution in [3.8, 4) is 23.7 Å². The van der Waals surface area contributed by atoms with Crippen LogP contribution in [0.25, 0.3) is 33.5 Å². The summed E-state index contributed by atoms with van der Waals surface area (Å²) >= 11 is 0. The van der Waals surface area contributed by atoms with Gasteiger partial charge in [0.05, 0.1) is 45.8 Å². The molecule has 3 heterocycles. The number of hydrogen-bond donors (Lipinski definition) is 3. The van der Waals surface area contributed by atoms with E-state index in [1.165, 1.54) is 0 Å². The van der Waals surface area contributed by atoms with Gasteiger partial charge < -0.3 is 10.3 Å². The van der Waals surface area contributed by atoms with Gasteiger partial charge in [0.25, 0.3) is 0 Å². The van der Waals surface area contributed by atoms with Crippen LogP contribution in [0.3, 0.4) is 0 Å². The number of allylic oxidation sites excluding steroid dienone is 4. The molecule has 5 rings (SSSR count). The molecule has 144 valence electrons. The Morgan fingerprint density at radius 1 is 0.933 bits per heavy atom. The Balaban J connectivity index is 1.70. The van der Waals surface area contributed by atoms with Gasteiger partial charge in [0.2, 0.25) is 0 Å². The third kappa shape index (κ3) is 2.57. The van der Waals surface area contributed by atoms with Gasteiger partial charge in [-0.2, -0.15) is 15.6 Å². The third-order valence-corrected chi connectivity index (χ3v) is 5.54. The molecule has 7 heteroatoms. The number of nitrogens with one attached hydrogen (secondary N) is 3. The normalized spacial score (nSPS) is 14.8. The second-order valence-electron chi connectivity index (χ2n) is 7.34. The van der Waals surface area contributed by atoms with Crippen molar-refractivity contribution in [1.29, 1.82) is 10.5 Å². The number of imidazole rings is 1. The van der Waals surface area contributed by atoms with Crippen molar-refractivity contribution >= 4 is 21.9 Å². The highest BCUT2D eigenvalue weighted by atomic mass is 15.1. The van der Waals surface area contributed by atoms with Crippen LogP contribution < -0.4 is 5.32 Å². The Morgan fingerprint density at radius 2 is 1.67 bits per heavy atom. The van der Waals surface area contributed by atoms with Gasteiger partial charge >= 0.3 is 0 Å². The largest absolute Gasteiger partial charge is 0.361 e. The number of aromatic nitrogens is 4. The van der Waals surface area contributed by atoms with Crippen molar-refractivity contribution in [3.63, 3.8) is 0 Å². The Morgan fingerprint density at radius 3 is 2.37 bits per heavy atom. The predicted octanol–water partition coefficient (Wildman–Crippen LogP) is 4.39. The summed E-state index contributed by atoms with van der Waals surface area (Å²) in [4.78, 5) is 7.98. The number of nitriles is 2. The zero-order chi connectivity index (χ0) is 20.8. The van der Waals surface area contributed by atoms with E-state index in [4.69, 9.17) is 0 Å². The third-order valence-electron chi connectivity index (χ3n) is 5.54. The summed E-state index contributed by atoms with van der Waals surface area (Å²) in [6.45, 7) is 3.72. The number of aromatic amines is 2. The number of nitrogens with zero attached hydrogens (tertiary/aromatic N) is 4. The number of fused-ring (bicyclic) bond motifs is 2. The van der Waals surface area contributed by atoms with E-state index >= 15 is 0 Å². The number of benzene rings is 2. The molecule has 4 aromatic rings. The number of rotatable bonds is 2. The van der Waals surface area contributed by atoms with Crippen molar-refractivity contribution in [2.45, 2.75) is 19.8 Å². The molecule has 2 aromatic heterocycles. The fourth-order valence-corrected chi connectivity index (χ4v) is 4.08. The lowest BCUT2D eigenvalue weighted by molar-refractivity contribution is 0.815. The molecule has 0 radical (unpaired) electrons. The van der Waals surface area contributed by atoms with Crippen LogP contribution in [0.5, 0.6) is 0 Å². The lowest BCUT2D eigenvalue weighted by Gasteiger charge is -2.26. The smallest absolute Gasteiger partial charge is 0.159 e. The van der Waals surface area contributed by atoms with Crippen molar-refractivity contribution in [2.75, 3.05) is 0 Å². The SMILES string of the molecule is CC1=C(C#N)C(c2ccc3[nH]nc(-c4nc5ccccc5[nH]4)c3c2)C(C#N)=C(C)N1. The quantitative estimate of drug-likeness (QED) is 0.468. The maximum absolute atomic E-state index is 9.77. The fraction of sp³-hybridized carbons (Fsp3) is 0.130. The Hall–Kier alpha value is -4.36. The molecular weight excluding hydrogens is 374 g/mol. The molecule has 0 aliphatic carbocycles. The van der Waals surface area contributed by atoms with Crippen LogP contribution in [0.1, 0.15) is 25.3 Å². The van der Waals surface area contributed by atoms with Crippen LogP contribution in [0.2, 0.25) is 0 Å². The first-order valence-corrected chi connectivity index (χ1v) is 9.52. The van der Waals surface area contributed by atoms with Gasteiger partial charge in [-0.15, -0.1) is 0 Å². The Kier molecular flexibility index (Phi) is 3.90. The molecule has 1 aliphatic rings. The minimum atomic E-state index is -0.413. The zero-order valence-corrected chi connectivity index (χ0v) is 16.4. The molecule has 0 bridgehead atoms. The zero-order valence-electron chi connectivity index (χ0n) is 16.4. The van der Waals surface area contributed by atoms with E-state index in [0.717, 1.165) is 38.9 Å². The molecular formula is C23H17N7. The molecule has 3 N–H and O–H groups in total. The summed E-state index contributed by atoms with van der Waals surface area (Å²) in [7, 11) is 0. The van der Waals surface area contributed by atoms with Gasteiger partial charge in [0, 0.05) is 16.8 Å². The second kappa shape index (κ2) is 6.61. The van der Waals surface area contributed by atoms with Crippen LogP contribution in [-0.4, -0.2) is 20.2 Å². The van der Waals surface area contributed by atoms with Crippen molar-refractivity contribution in [3.05, 3.63) is 70.6 Å². The van der Waals surface area contributed by atoms with E-state index in [1.807, 2.05) is 56.3 Å². The van der Waals surface area contributed by atoms with Gasteiger partial charge in [-0.25, -0.2) is 4.98 Å². The van der Waals surface area contributed by atoms with Crippen molar-refractivity contribution in [1.82, 2.24) is 25.5 Å². The fourth-order valence-electron chi connectivity index (χ4n) is 4.08. The highest BCUT2D eigenvalue weighted by molar-refractivity contribution is 5.93. The van der Waals surface area contributed by atoms with Crippen LogP contribution in [-0.2, 0) is 0 Å². The van der Waals surface area contributed by atoms with Crippen molar-refractivity contribution in [2.24, 2.45) is 0 Å². The number of hydrogen-bond acceptors (Lipinski definition) is 5. The molecule has 7 nitrogen and oxygen atoms in total. The van der Waals surface area contributed by atoms with E-state index in [2.05, 4.69) is 37.6 Å². The summed E-state index contributed by atoms with van der Waals surface area (Å²) < 4.78 is 0. The Bertz CT molecular complexity index is 1400. The highest BCUT2D eigenvalue weighted by Crippen LogP contribution is 2.39. The molecule has 0 spiro atoms. The molecule has 0 saturated carbocycles. The van der Waals surface area contributed by atoms with E-state index in [0.29, 0.717) is 22.7 Å². The predicted molar refractivity (Wildman–Crippen MR) is 114 cm³/mol. The summed E-state index contributed by atoms with van der Waals surface area (Å²) in [5.41, 5.74) is 6.87. The van der Waals surface area contributed by atoms with Crippen molar-refractivity contribution < 1.29 is 0 Å². The number of dihydropyridines is 1. The molecule has 0 amide bonds. The van der Waals surface area contributed by atoms with Gasteiger partial charge in [-0.3, -0.25) is 5.10 Å². The van der Waals surface area contributed by atoms with Crippen LogP contribution in [0.15, 0.2) is 65.0 Å². The second-order valence-corrected chi connectivity index (χ2v) is 7.34. The lowest BCUT2D eigenvalue weighted by Crippen LogP contribution is -2.23. The number of H-pyrrole nitrogens is 2. The summed E-state index contributed by atoms with van der Waals surface area (Å²) in [6.07, 6.45) is 0.